The minimum absolute atomic E-state index is 0.116. The van der Waals surface area contributed by atoms with Crippen LogP contribution in [0.3, 0.4) is 0 Å². The van der Waals surface area contributed by atoms with Gasteiger partial charge in [0.1, 0.15) is 0 Å². The number of sulfonamides is 1. The molecule has 1 N–H and O–H groups in total. The third kappa shape index (κ3) is 3.72. The van der Waals surface area contributed by atoms with Crippen molar-refractivity contribution < 1.29 is 8.42 Å². The molecule has 1 aromatic heterocycles. The molecule has 0 spiro atoms. The number of halogens is 1. The summed E-state index contributed by atoms with van der Waals surface area (Å²) in [6.07, 6.45) is 2.26. The Morgan fingerprint density at radius 1 is 1.08 bits per heavy atom. The maximum absolute atomic E-state index is 12.7. The van der Waals surface area contributed by atoms with Crippen molar-refractivity contribution in [3.05, 3.63) is 40.2 Å². The van der Waals surface area contributed by atoms with Crippen LogP contribution in [-0.2, 0) is 10.0 Å². The number of aryl methyl sites for hydroxylation is 3. The Balaban J connectivity index is 1.92. The monoisotopic (exact) mass is 380 g/mol. The van der Waals surface area contributed by atoms with Gasteiger partial charge < -0.3 is 4.90 Å². The lowest BCUT2D eigenvalue weighted by atomic mass is 10.2. The van der Waals surface area contributed by atoms with Gasteiger partial charge >= 0.3 is 0 Å². The lowest BCUT2D eigenvalue weighted by molar-refractivity contribution is 0.601. The van der Waals surface area contributed by atoms with Crippen LogP contribution in [0, 0.1) is 20.8 Å². The van der Waals surface area contributed by atoms with Gasteiger partial charge in [0.25, 0.3) is 10.0 Å². The first kappa shape index (κ1) is 17.9. The molecule has 1 aliphatic rings. The fourth-order valence-corrected chi connectivity index (χ4v) is 4.29. The second kappa shape index (κ2) is 6.80. The number of benzene rings is 1. The van der Waals surface area contributed by atoms with E-state index in [-0.39, 0.29) is 4.90 Å². The van der Waals surface area contributed by atoms with Gasteiger partial charge in [-0.25, -0.2) is 18.4 Å². The first-order valence-corrected chi connectivity index (χ1v) is 10.0. The molecule has 134 valence electrons. The molecule has 1 aliphatic heterocycles. The molecule has 25 heavy (non-hydrogen) atoms. The Bertz CT molecular complexity index is 886. The highest BCUT2D eigenvalue weighted by Crippen LogP contribution is 2.26. The molecule has 0 bridgehead atoms. The molecule has 0 aliphatic carbocycles. The highest BCUT2D eigenvalue weighted by molar-refractivity contribution is 7.92. The molecule has 2 heterocycles. The second-order valence-electron chi connectivity index (χ2n) is 6.28. The Kier molecular flexibility index (Phi) is 4.88. The van der Waals surface area contributed by atoms with Crippen LogP contribution in [0.2, 0.25) is 5.02 Å². The van der Waals surface area contributed by atoms with Crippen molar-refractivity contribution in [2.45, 2.75) is 38.5 Å². The van der Waals surface area contributed by atoms with Crippen molar-refractivity contribution in [2.24, 2.45) is 0 Å². The molecule has 0 atom stereocenters. The van der Waals surface area contributed by atoms with Gasteiger partial charge in [0.15, 0.2) is 0 Å². The summed E-state index contributed by atoms with van der Waals surface area (Å²) in [5, 5.41) is 0.414. The predicted molar refractivity (Wildman–Crippen MR) is 100.0 cm³/mol. The van der Waals surface area contributed by atoms with Crippen LogP contribution in [-0.4, -0.2) is 31.5 Å². The van der Waals surface area contributed by atoms with Crippen LogP contribution < -0.4 is 9.62 Å². The molecule has 2 aromatic rings. The van der Waals surface area contributed by atoms with Crippen molar-refractivity contribution in [1.82, 2.24) is 9.97 Å². The number of aromatic nitrogens is 2. The highest BCUT2D eigenvalue weighted by Gasteiger charge is 2.21. The quantitative estimate of drug-likeness (QED) is 0.879. The van der Waals surface area contributed by atoms with Gasteiger partial charge in [-0.3, -0.25) is 4.72 Å². The number of hydrogen-bond donors (Lipinski definition) is 1. The number of hydrogen-bond acceptors (Lipinski definition) is 5. The lowest BCUT2D eigenvalue weighted by Crippen LogP contribution is -2.22. The SMILES string of the molecule is Cc1ccc(S(=O)(=O)Nc2c(C)nc(N3CCCC3)nc2C)cc1Cl. The molecule has 1 saturated heterocycles. The minimum Gasteiger partial charge on any atom is -0.341 e. The molecule has 1 fully saturated rings. The average molecular weight is 381 g/mol. The smallest absolute Gasteiger partial charge is 0.262 e. The first-order chi connectivity index (χ1) is 11.8. The predicted octanol–water partition coefficient (Wildman–Crippen LogP) is 3.46. The Hall–Kier alpha value is -1.86. The molecule has 0 amide bonds. The maximum atomic E-state index is 12.7. The van der Waals surface area contributed by atoms with E-state index < -0.39 is 10.0 Å². The zero-order valence-corrected chi connectivity index (χ0v) is 16.1. The van der Waals surface area contributed by atoms with E-state index in [0.29, 0.717) is 28.0 Å². The van der Waals surface area contributed by atoms with E-state index in [0.717, 1.165) is 31.5 Å². The Morgan fingerprint density at radius 2 is 1.68 bits per heavy atom. The first-order valence-electron chi connectivity index (χ1n) is 8.17. The summed E-state index contributed by atoms with van der Waals surface area (Å²) in [5.74, 6) is 0.661. The summed E-state index contributed by atoms with van der Waals surface area (Å²) < 4.78 is 28.0. The number of rotatable bonds is 4. The summed E-state index contributed by atoms with van der Waals surface area (Å²) >= 11 is 6.06. The van der Waals surface area contributed by atoms with E-state index in [1.807, 2.05) is 6.92 Å². The van der Waals surface area contributed by atoms with Gasteiger partial charge in [0.05, 0.1) is 22.0 Å². The largest absolute Gasteiger partial charge is 0.341 e. The molecular weight excluding hydrogens is 360 g/mol. The van der Waals surface area contributed by atoms with Crippen LogP contribution in [0.1, 0.15) is 29.8 Å². The van der Waals surface area contributed by atoms with Crippen LogP contribution >= 0.6 is 11.6 Å². The highest BCUT2D eigenvalue weighted by atomic mass is 35.5. The van der Waals surface area contributed by atoms with E-state index in [2.05, 4.69) is 19.6 Å². The normalized spacial score (nSPS) is 14.8. The van der Waals surface area contributed by atoms with Crippen molar-refractivity contribution in [2.75, 3.05) is 22.7 Å². The Morgan fingerprint density at radius 3 is 2.24 bits per heavy atom. The van der Waals surface area contributed by atoms with E-state index >= 15 is 0 Å². The van der Waals surface area contributed by atoms with Crippen molar-refractivity contribution >= 4 is 33.3 Å². The molecule has 0 unspecified atom stereocenters. The number of nitrogens with one attached hydrogen (secondary N) is 1. The average Bonchev–Trinajstić information content (AvgIpc) is 3.07. The van der Waals surface area contributed by atoms with Crippen molar-refractivity contribution in [3.63, 3.8) is 0 Å². The van der Waals surface area contributed by atoms with Crippen molar-refractivity contribution in [1.29, 1.82) is 0 Å². The maximum Gasteiger partial charge on any atom is 0.262 e. The molecule has 8 heteroatoms. The van der Waals surface area contributed by atoms with Gasteiger partial charge in [0, 0.05) is 18.1 Å². The fraction of sp³-hybridized carbons (Fsp3) is 0.412. The summed E-state index contributed by atoms with van der Waals surface area (Å²) in [6, 6.07) is 4.67. The van der Waals surface area contributed by atoms with Gasteiger partial charge in [-0.05, 0) is 51.3 Å². The molecule has 3 rings (SSSR count). The van der Waals surface area contributed by atoms with Crippen LogP contribution in [0.15, 0.2) is 23.1 Å². The van der Waals surface area contributed by atoms with Gasteiger partial charge in [-0.2, -0.15) is 0 Å². The van der Waals surface area contributed by atoms with E-state index in [4.69, 9.17) is 11.6 Å². The van der Waals surface area contributed by atoms with Crippen molar-refractivity contribution in [3.8, 4) is 0 Å². The van der Waals surface area contributed by atoms with Crippen LogP contribution in [0.25, 0.3) is 0 Å². The standard InChI is InChI=1S/C17H21ClN4O2S/c1-11-6-7-14(10-15(11)18)25(23,24)21-16-12(2)19-17(20-13(16)3)22-8-4-5-9-22/h6-7,10,21H,4-5,8-9H2,1-3H3. The molecule has 6 nitrogen and oxygen atoms in total. The lowest BCUT2D eigenvalue weighted by Gasteiger charge is -2.19. The van der Waals surface area contributed by atoms with Gasteiger partial charge in [-0.1, -0.05) is 17.7 Å². The topological polar surface area (TPSA) is 75.2 Å². The van der Waals surface area contributed by atoms with Gasteiger partial charge in [-0.15, -0.1) is 0 Å². The van der Waals surface area contributed by atoms with Gasteiger partial charge in [0.2, 0.25) is 5.95 Å². The Labute approximate surface area is 153 Å². The summed E-state index contributed by atoms with van der Waals surface area (Å²) in [7, 11) is -3.76. The van der Waals surface area contributed by atoms with E-state index in [1.165, 1.54) is 12.1 Å². The number of nitrogens with zero attached hydrogens (tertiary/aromatic N) is 3. The summed E-state index contributed by atoms with van der Waals surface area (Å²) in [5.41, 5.74) is 2.46. The second-order valence-corrected chi connectivity index (χ2v) is 8.37. The zero-order chi connectivity index (χ0) is 18.2. The molecule has 0 radical (unpaired) electrons. The summed E-state index contributed by atoms with van der Waals surface area (Å²) in [6.45, 7) is 7.27. The van der Waals surface area contributed by atoms with Crippen LogP contribution in [0.5, 0.6) is 0 Å². The zero-order valence-electron chi connectivity index (χ0n) is 14.5. The van der Waals surface area contributed by atoms with E-state index in [1.54, 1.807) is 19.9 Å². The summed E-state index contributed by atoms with van der Waals surface area (Å²) in [4.78, 5) is 11.2. The van der Waals surface area contributed by atoms with Crippen LogP contribution in [0.4, 0.5) is 11.6 Å². The minimum atomic E-state index is -3.76. The van der Waals surface area contributed by atoms with E-state index in [9.17, 15) is 8.42 Å². The third-order valence-corrected chi connectivity index (χ3v) is 6.09. The molecule has 0 saturated carbocycles. The fourth-order valence-electron chi connectivity index (χ4n) is 2.84. The molecule has 1 aromatic carbocycles. The number of anilines is 2. The third-order valence-electron chi connectivity index (χ3n) is 4.34. The molecular formula is C17H21ClN4O2S.